The van der Waals surface area contributed by atoms with Crippen LogP contribution in [0.3, 0.4) is 0 Å². The van der Waals surface area contributed by atoms with Gasteiger partial charge in [0.2, 0.25) is 0 Å². The summed E-state index contributed by atoms with van der Waals surface area (Å²) in [5.74, 6) is -1.41. The number of hydrogen-bond donors (Lipinski definition) is 0. The van der Waals surface area contributed by atoms with E-state index in [1.165, 1.54) is 20.7 Å². The first-order chi connectivity index (χ1) is 9.29. The molecule has 0 amide bonds. The van der Waals surface area contributed by atoms with Gasteiger partial charge in [0.25, 0.3) is 5.79 Å². The summed E-state index contributed by atoms with van der Waals surface area (Å²) < 4.78 is 25.3. The van der Waals surface area contributed by atoms with Crippen LogP contribution in [-0.4, -0.2) is 40.9 Å². The fourth-order valence-corrected chi connectivity index (χ4v) is 1.50. The van der Waals surface area contributed by atoms with Crippen LogP contribution >= 0.6 is 0 Å². The maximum absolute atomic E-state index is 10.6. The normalized spacial score (nSPS) is 13.8. The number of rotatable bonds is 10. The van der Waals surface area contributed by atoms with E-state index in [0.29, 0.717) is 5.56 Å². The van der Waals surface area contributed by atoms with E-state index in [1.54, 1.807) is 24.3 Å². The molecule has 0 aliphatic carbocycles. The van der Waals surface area contributed by atoms with Crippen molar-refractivity contribution in [1.82, 2.24) is 0 Å². The van der Waals surface area contributed by atoms with Crippen LogP contribution < -0.4 is 0 Å². The fourth-order valence-electron chi connectivity index (χ4n) is 1.50. The molecule has 1 aromatic rings. The molecule has 0 bridgehead atoms. The van der Waals surface area contributed by atoms with Gasteiger partial charge in [0.05, 0.1) is 0 Å². The Labute approximate surface area is 112 Å². The number of carbonyl (C=O) groups excluding carboxylic acids is 1. The van der Waals surface area contributed by atoms with Gasteiger partial charge >= 0.3 is 6.47 Å². The lowest BCUT2D eigenvalue weighted by Gasteiger charge is -2.30. The second-order valence-electron chi connectivity index (χ2n) is 3.61. The van der Waals surface area contributed by atoms with Crippen molar-refractivity contribution in [3.63, 3.8) is 0 Å². The molecule has 1 atom stereocenters. The first kappa shape index (κ1) is 15.6. The first-order valence-corrected chi connectivity index (χ1v) is 5.59. The van der Waals surface area contributed by atoms with Crippen LogP contribution in [0.1, 0.15) is 5.56 Å². The zero-order chi connectivity index (χ0) is 14.0. The molecule has 0 aliphatic heterocycles. The van der Waals surface area contributed by atoms with E-state index in [0.717, 1.165) is 0 Å². The minimum Gasteiger partial charge on any atom is -0.417 e. The summed E-state index contributed by atoms with van der Waals surface area (Å²) in [7, 11) is 2.96. The quantitative estimate of drug-likeness (QED) is 0.469. The maximum Gasteiger partial charge on any atom is 0.420 e. The minimum atomic E-state index is -1.41. The number of ether oxygens (including phenoxy) is 5. The third-order valence-electron chi connectivity index (χ3n) is 2.32. The summed E-state index contributed by atoms with van der Waals surface area (Å²) >= 11 is 0. The topological polar surface area (TPSA) is 63.2 Å². The highest BCUT2D eigenvalue weighted by atomic mass is 16.8. The summed E-state index contributed by atoms with van der Waals surface area (Å²) in [6.45, 7) is 1.34. The summed E-state index contributed by atoms with van der Waals surface area (Å²) in [4.78, 5) is 10.6. The van der Waals surface area contributed by atoms with Crippen LogP contribution in [0.25, 0.3) is 0 Å². The van der Waals surface area contributed by atoms with Gasteiger partial charge in [-0.1, -0.05) is 30.3 Å². The van der Waals surface area contributed by atoms with Crippen molar-refractivity contribution in [2.24, 2.45) is 0 Å². The number of methoxy groups -OCH3 is 2. The minimum absolute atomic E-state index is 0.0382. The molecule has 0 spiro atoms. The fraction of sp³-hybridized carbons (Fsp3) is 0.462. The smallest absolute Gasteiger partial charge is 0.417 e. The number of hydrogen-bond acceptors (Lipinski definition) is 6. The largest absolute Gasteiger partial charge is 0.420 e. The molecule has 105 valence electrons. The van der Waals surface area contributed by atoms with E-state index in [9.17, 15) is 4.79 Å². The van der Waals surface area contributed by atoms with Crippen molar-refractivity contribution >= 4 is 6.47 Å². The van der Waals surface area contributed by atoms with Crippen molar-refractivity contribution in [1.29, 1.82) is 0 Å². The van der Waals surface area contributed by atoms with E-state index < -0.39 is 5.79 Å². The Morgan fingerprint density at radius 2 is 1.79 bits per heavy atom. The molecule has 6 heteroatoms. The van der Waals surface area contributed by atoms with Crippen LogP contribution in [0.4, 0.5) is 0 Å². The SMILES string of the molecule is COCOCC(O[C]=O)(OCOC)c1ccccc1. The van der Waals surface area contributed by atoms with Crippen LogP contribution in [0.2, 0.25) is 0 Å². The highest BCUT2D eigenvalue weighted by Crippen LogP contribution is 2.27. The standard InChI is InChI=1S/C13H17O6/c1-15-10-17-8-13(18-9-14,19-11-16-2)12-6-4-3-5-7-12/h3-7H,8,10-11H2,1-2H3. The summed E-state index contributed by atoms with van der Waals surface area (Å²) in [5, 5.41) is 0. The van der Waals surface area contributed by atoms with E-state index in [1.807, 2.05) is 6.07 Å². The van der Waals surface area contributed by atoms with Gasteiger partial charge in [-0.2, -0.15) is 0 Å². The van der Waals surface area contributed by atoms with Gasteiger partial charge in [0, 0.05) is 19.8 Å². The van der Waals surface area contributed by atoms with Crippen molar-refractivity contribution in [2.45, 2.75) is 5.79 Å². The Balaban J connectivity index is 2.92. The molecule has 1 radical (unpaired) electrons. The Hall–Kier alpha value is -1.47. The van der Waals surface area contributed by atoms with Gasteiger partial charge in [0.1, 0.15) is 13.4 Å². The lowest BCUT2D eigenvalue weighted by molar-refractivity contribution is -0.271. The molecule has 19 heavy (non-hydrogen) atoms. The van der Waals surface area contributed by atoms with Gasteiger partial charge in [-0.3, -0.25) is 0 Å². The predicted octanol–water partition coefficient (Wildman–Crippen LogP) is 1.16. The van der Waals surface area contributed by atoms with Gasteiger partial charge in [-0.05, 0) is 0 Å². The van der Waals surface area contributed by atoms with Crippen LogP contribution in [-0.2, 0) is 34.3 Å². The van der Waals surface area contributed by atoms with Gasteiger partial charge in [0.15, 0.2) is 6.79 Å². The Bertz CT molecular complexity index is 355. The molecule has 0 N–H and O–H groups in total. The molecule has 1 unspecified atom stereocenters. The molecule has 0 saturated heterocycles. The van der Waals surface area contributed by atoms with E-state index >= 15 is 0 Å². The zero-order valence-electron chi connectivity index (χ0n) is 11.0. The zero-order valence-corrected chi connectivity index (χ0v) is 11.0. The average Bonchev–Trinajstić information content (AvgIpc) is 2.46. The molecule has 0 fully saturated rings. The Morgan fingerprint density at radius 1 is 1.11 bits per heavy atom. The Kier molecular flexibility index (Phi) is 7.06. The second kappa shape index (κ2) is 8.60. The molecule has 1 rings (SSSR count). The highest BCUT2D eigenvalue weighted by molar-refractivity contribution is 5.40. The molecule has 0 heterocycles. The van der Waals surface area contributed by atoms with Crippen molar-refractivity contribution in [2.75, 3.05) is 34.4 Å². The van der Waals surface area contributed by atoms with E-state index in [-0.39, 0.29) is 20.2 Å². The Morgan fingerprint density at radius 3 is 2.37 bits per heavy atom. The lowest BCUT2D eigenvalue weighted by atomic mass is 10.1. The van der Waals surface area contributed by atoms with E-state index in [2.05, 4.69) is 0 Å². The van der Waals surface area contributed by atoms with Gasteiger partial charge in [-0.15, -0.1) is 0 Å². The van der Waals surface area contributed by atoms with Crippen LogP contribution in [0.15, 0.2) is 30.3 Å². The third kappa shape index (κ3) is 4.60. The molecule has 0 aliphatic rings. The molecule has 0 saturated carbocycles. The molecule has 1 aromatic carbocycles. The summed E-state index contributed by atoms with van der Waals surface area (Å²) in [6.07, 6.45) is 0. The second-order valence-corrected chi connectivity index (χ2v) is 3.61. The van der Waals surface area contributed by atoms with Crippen LogP contribution in [0, 0.1) is 0 Å². The summed E-state index contributed by atoms with van der Waals surface area (Å²) in [5.41, 5.74) is 0.617. The molecular formula is C13H17O6. The van der Waals surface area contributed by atoms with Crippen molar-refractivity contribution in [3.8, 4) is 0 Å². The van der Waals surface area contributed by atoms with Gasteiger partial charge < -0.3 is 23.7 Å². The molecule has 6 nitrogen and oxygen atoms in total. The molecule has 0 aromatic heterocycles. The summed E-state index contributed by atoms with van der Waals surface area (Å²) in [6, 6.07) is 8.94. The molecular weight excluding hydrogens is 252 g/mol. The average molecular weight is 269 g/mol. The first-order valence-electron chi connectivity index (χ1n) is 5.59. The van der Waals surface area contributed by atoms with E-state index in [4.69, 9.17) is 23.7 Å². The third-order valence-corrected chi connectivity index (χ3v) is 2.32. The predicted molar refractivity (Wildman–Crippen MR) is 65.7 cm³/mol. The van der Waals surface area contributed by atoms with Crippen molar-refractivity contribution in [3.05, 3.63) is 35.9 Å². The van der Waals surface area contributed by atoms with Gasteiger partial charge in [-0.25, -0.2) is 4.79 Å². The highest BCUT2D eigenvalue weighted by Gasteiger charge is 2.36. The number of benzene rings is 1. The monoisotopic (exact) mass is 269 g/mol. The van der Waals surface area contributed by atoms with Crippen molar-refractivity contribution < 1.29 is 28.5 Å². The van der Waals surface area contributed by atoms with Crippen LogP contribution in [0.5, 0.6) is 0 Å². The maximum atomic E-state index is 10.6. The lowest BCUT2D eigenvalue weighted by Crippen LogP contribution is -2.39.